The van der Waals surface area contributed by atoms with Gasteiger partial charge in [-0.05, 0) is 31.7 Å². The average Bonchev–Trinajstić information content (AvgIpc) is 3.00. The van der Waals surface area contributed by atoms with Crippen molar-refractivity contribution in [3.8, 4) is 0 Å². The molecular weight excluding hydrogens is 292 g/mol. The van der Waals surface area contributed by atoms with E-state index in [2.05, 4.69) is 17.3 Å². The molecule has 2 heterocycles. The van der Waals surface area contributed by atoms with Crippen LogP contribution < -0.4 is 5.32 Å². The molecule has 2 aromatic heterocycles. The van der Waals surface area contributed by atoms with Crippen molar-refractivity contribution in [3.63, 3.8) is 0 Å². The lowest BCUT2D eigenvalue weighted by Gasteiger charge is -2.14. The van der Waals surface area contributed by atoms with Gasteiger partial charge in [-0.15, -0.1) is 0 Å². The number of rotatable bonds is 5. The Balaban J connectivity index is 1.75. The molecule has 1 amide bonds. The zero-order valence-corrected chi connectivity index (χ0v) is 12.2. The molecule has 8 heteroatoms. The summed E-state index contributed by atoms with van der Waals surface area (Å²) in [4.78, 5) is 22.6. The number of nitrogens with zero attached hydrogens (tertiary/aromatic N) is 3. The maximum Gasteiger partial charge on any atom is 0.324 e. The molecule has 1 N–H and O–H groups in total. The van der Waals surface area contributed by atoms with Crippen LogP contribution in [0.5, 0.6) is 0 Å². The first kappa shape index (κ1) is 13.7. The number of hydrogen-bond acceptors (Lipinski definition) is 5. The number of amides is 1. The minimum Gasteiger partial charge on any atom is -0.306 e. The van der Waals surface area contributed by atoms with E-state index in [0.717, 1.165) is 11.3 Å². The Morgan fingerprint density at radius 3 is 2.90 bits per heavy atom. The van der Waals surface area contributed by atoms with Gasteiger partial charge in [0, 0.05) is 12.1 Å². The molecule has 0 aromatic carbocycles. The van der Waals surface area contributed by atoms with Crippen LogP contribution in [0.1, 0.15) is 35.5 Å². The monoisotopic (exact) mass is 306 g/mol. The Labute approximate surface area is 124 Å². The summed E-state index contributed by atoms with van der Waals surface area (Å²) in [6.45, 7) is 2.08. The van der Waals surface area contributed by atoms with Gasteiger partial charge in [0.2, 0.25) is 0 Å². The summed E-state index contributed by atoms with van der Waals surface area (Å²) >= 11 is 0.863. The van der Waals surface area contributed by atoms with Crippen molar-refractivity contribution in [2.24, 2.45) is 5.92 Å². The number of aromatic nitrogens is 2. The number of anilines is 1. The largest absolute Gasteiger partial charge is 0.324 e. The Morgan fingerprint density at radius 2 is 2.29 bits per heavy atom. The van der Waals surface area contributed by atoms with E-state index in [0.29, 0.717) is 16.6 Å². The second-order valence-electron chi connectivity index (χ2n) is 5.09. The molecule has 21 heavy (non-hydrogen) atoms. The van der Waals surface area contributed by atoms with Crippen molar-refractivity contribution >= 4 is 28.1 Å². The highest BCUT2D eigenvalue weighted by molar-refractivity contribution is 7.17. The Morgan fingerprint density at radius 1 is 1.52 bits per heavy atom. The third kappa shape index (κ3) is 2.80. The lowest BCUT2D eigenvalue weighted by atomic mass is 10.2. The van der Waals surface area contributed by atoms with Crippen LogP contribution in [0.25, 0.3) is 0 Å². The number of nitro groups is 1. The first-order valence-electron chi connectivity index (χ1n) is 6.65. The highest BCUT2D eigenvalue weighted by Gasteiger charge is 2.31. The second kappa shape index (κ2) is 5.28. The van der Waals surface area contributed by atoms with E-state index in [1.54, 1.807) is 16.9 Å². The van der Waals surface area contributed by atoms with E-state index >= 15 is 0 Å². The molecule has 1 fully saturated rings. The van der Waals surface area contributed by atoms with E-state index < -0.39 is 4.92 Å². The van der Waals surface area contributed by atoms with E-state index in [1.807, 2.05) is 0 Å². The van der Waals surface area contributed by atoms with Crippen LogP contribution in [0.15, 0.2) is 24.4 Å². The van der Waals surface area contributed by atoms with Crippen molar-refractivity contribution < 1.29 is 9.72 Å². The molecule has 1 unspecified atom stereocenters. The molecule has 1 saturated carbocycles. The maximum absolute atomic E-state index is 12.1. The summed E-state index contributed by atoms with van der Waals surface area (Å²) < 4.78 is 1.80. The molecule has 0 aliphatic heterocycles. The average molecular weight is 306 g/mol. The van der Waals surface area contributed by atoms with Gasteiger partial charge in [-0.25, -0.2) is 4.68 Å². The van der Waals surface area contributed by atoms with Gasteiger partial charge < -0.3 is 5.32 Å². The number of carbonyl (C=O) groups is 1. The standard InChI is InChI=1S/C13H14N4O3S/c1-8(9-2-3-9)16-11(6-7-14-16)15-13(18)10-4-5-12(21-10)17(19)20/h4-9H,2-3H2,1H3,(H,15,18). The SMILES string of the molecule is CC(C1CC1)n1nccc1NC(=O)c1ccc([N+](=O)[O-])s1. The number of nitrogens with one attached hydrogen (secondary N) is 1. The van der Waals surface area contributed by atoms with Crippen LogP contribution in [0.2, 0.25) is 0 Å². The van der Waals surface area contributed by atoms with Gasteiger partial charge in [0.1, 0.15) is 5.82 Å². The number of thiophene rings is 1. The van der Waals surface area contributed by atoms with E-state index in [9.17, 15) is 14.9 Å². The van der Waals surface area contributed by atoms with E-state index in [1.165, 1.54) is 25.0 Å². The minimum atomic E-state index is -0.499. The minimum absolute atomic E-state index is 0.0417. The Bertz CT molecular complexity index is 689. The van der Waals surface area contributed by atoms with Crippen LogP contribution in [-0.4, -0.2) is 20.6 Å². The fourth-order valence-corrected chi connectivity index (χ4v) is 2.96. The molecule has 110 valence electrons. The van der Waals surface area contributed by atoms with Gasteiger partial charge in [-0.2, -0.15) is 5.10 Å². The van der Waals surface area contributed by atoms with Crippen molar-refractivity contribution in [1.82, 2.24) is 9.78 Å². The molecule has 1 aliphatic carbocycles. The van der Waals surface area contributed by atoms with Gasteiger partial charge in [0.25, 0.3) is 5.91 Å². The Hall–Kier alpha value is -2.22. The van der Waals surface area contributed by atoms with Crippen LogP contribution in [0.3, 0.4) is 0 Å². The molecule has 0 bridgehead atoms. The van der Waals surface area contributed by atoms with E-state index in [-0.39, 0.29) is 17.0 Å². The summed E-state index contributed by atoms with van der Waals surface area (Å²) in [6, 6.07) is 4.78. The predicted molar refractivity (Wildman–Crippen MR) is 78.6 cm³/mol. The molecular formula is C13H14N4O3S. The number of hydrogen-bond donors (Lipinski definition) is 1. The van der Waals surface area contributed by atoms with Gasteiger partial charge in [0.05, 0.1) is 22.0 Å². The summed E-state index contributed by atoms with van der Waals surface area (Å²) in [6.07, 6.45) is 4.02. The smallest absolute Gasteiger partial charge is 0.306 e. The molecule has 7 nitrogen and oxygen atoms in total. The predicted octanol–water partition coefficient (Wildman–Crippen LogP) is 3.08. The highest BCUT2D eigenvalue weighted by Crippen LogP contribution is 2.40. The zero-order chi connectivity index (χ0) is 15.0. The zero-order valence-electron chi connectivity index (χ0n) is 11.4. The first-order valence-corrected chi connectivity index (χ1v) is 7.47. The molecule has 0 radical (unpaired) electrons. The van der Waals surface area contributed by atoms with E-state index in [4.69, 9.17) is 0 Å². The highest BCUT2D eigenvalue weighted by atomic mass is 32.1. The third-order valence-electron chi connectivity index (χ3n) is 3.60. The molecule has 3 rings (SSSR count). The van der Waals surface area contributed by atoms with Crippen LogP contribution in [-0.2, 0) is 0 Å². The summed E-state index contributed by atoms with van der Waals surface area (Å²) in [5.74, 6) is 0.886. The van der Waals surface area contributed by atoms with Crippen LogP contribution in [0.4, 0.5) is 10.8 Å². The van der Waals surface area contributed by atoms with Crippen molar-refractivity contribution in [1.29, 1.82) is 0 Å². The fraction of sp³-hybridized carbons (Fsp3) is 0.385. The summed E-state index contributed by atoms with van der Waals surface area (Å²) in [7, 11) is 0. The lowest BCUT2D eigenvalue weighted by molar-refractivity contribution is -0.380. The number of carbonyl (C=O) groups excluding carboxylic acids is 1. The maximum atomic E-state index is 12.1. The second-order valence-corrected chi connectivity index (χ2v) is 6.15. The normalized spacial score (nSPS) is 15.7. The first-order chi connectivity index (χ1) is 10.1. The van der Waals surface area contributed by atoms with Crippen LogP contribution in [0, 0.1) is 16.0 Å². The fourth-order valence-electron chi connectivity index (χ4n) is 2.24. The van der Waals surface area contributed by atoms with Gasteiger partial charge in [0.15, 0.2) is 0 Å². The van der Waals surface area contributed by atoms with Crippen LogP contribution >= 0.6 is 11.3 Å². The lowest BCUT2D eigenvalue weighted by Crippen LogP contribution is -2.17. The topological polar surface area (TPSA) is 90.1 Å². The molecule has 1 aliphatic rings. The molecule has 2 aromatic rings. The summed E-state index contributed by atoms with van der Waals surface area (Å²) in [5.41, 5.74) is 0. The quantitative estimate of drug-likeness (QED) is 0.679. The molecule has 1 atom stereocenters. The van der Waals surface area contributed by atoms with Crippen molar-refractivity contribution in [3.05, 3.63) is 39.4 Å². The van der Waals surface area contributed by atoms with Gasteiger partial charge >= 0.3 is 5.00 Å². The molecule has 0 saturated heterocycles. The van der Waals surface area contributed by atoms with Gasteiger partial charge in [-0.3, -0.25) is 14.9 Å². The Kier molecular flexibility index (Phi) is 3.46. The molecule has 0 spiro atoms. The third-order valence-corrected chi connectivity index (χ3v) is 4.63. The summed E-state index contributed by atoms with van der Waals surface area (Å²) in [5, 5.41) is 17.6. The van der Waals surface area contributed by atoms with Crippen molar-refractivity contribution in [2.75, 3.05) is 5.32 Å². The van der Waals surface area contributed by atoms with Crippen molar-refractivity contribution in [2.45, 2.75) is 25.8 Å². The van der Waals surface area contributed by atoms with Gasteiger partial charge in [-0.1, -0.05) is 11.3 Å².